The largest absolute Gasteiger partial charge is 0.322 e. The van der Waals surface area contributed by atoms with Crippen LogP contribution in [0.4, 0.5) is 0 Å². The van der Waals surface area contributed by atoms with E-state index in [4.69, 9.17) is 5.73 Å². The summed E-state index contributed by atoms with van der Waals surface area (Å²) < 4.78 is 3.13. The van der Waals surface area contributed by atoms with Crippen LogP contribution in [0.3, 0.4) is 0 Å². The van der Waals surface area contributed by atoms with Gasteiger partial charge in [-0.05, 0) is 40.6 Å². The first-order valence-electron chi connectivity index (χ1n) is 6.55. The average molecular weight is 300 g/mol. The van der Waals surface area contributed by atoms with Crippen molar-refractivity contribution in [2.24, 2.45) is 11.1 Å². The third-order valence-corrected chi connectivity index (χ3v) is 4.67. The molecule has 0 spiro atoms. The number of hydrogen-bond donors (Lipinski definition) is 1. The molecule has 17 heavy (non-hydrogen) atoms. The van der Waals surface area contributed by atoms with Crippen LogP contribution in [0, 0.1) is 5.41 Å². The van der Waals surface area contributed by atoms with E-state index in [2.05, 4.69) is 39.6 Å². The Bertz CT molecular complexity index is 380. The molecule has 4 heteroatoms. The predicted molar refractivity (Wildman–Crippen MR) is 73.7 cm³/mol. The van der Waals surface area contributed by atoms with Gasteiger partial charge in [-0.2, -0.15) is 5.10 Å². The molecule has 1 aliphatic rings. The van der Waals surface area contributed by atoms with E-state index in [1.54, 1.807) is 0 Å². The maximum absolute atomic E-state index is 6.52. The molecule has 1 atom stereocenters. The van der Waals surface area contributed by atoms with Crippen molar-refractivity contribution in [2.45, 2.75) is 58.5 Å². The summed E-state index contributed by atoms with van der Waals surface area (Å²) in [5, 5.41) is 4.42. The van der Waals surface area contributed by atoms with Crippen LogP contribution in [-0.4, -0.2) is 9.78 Å². The Labute approximate surface area is 112 Å². The van der Waals surface area contributed by atoms with Gasteiger partial charge < -0.3 is 5.73 Å². The van der Waals surface area contributed by atoms with Gasteiger partial charge in [0, 0.05) is 6.54 Å². The van der Waals surface area contributed by atoms with E-state index in [9.17, 15) is 0 Å². The molecule has 2 N–H and O–H groups in total. The number of halogens is 1. The molecule has 1 unspecified atom stereocenters. The number of nitrogens with zero attached hydrogens (tertiary/aromatic N) is 2. The minimum atomic E-state index is 0.0911. The Morgan fingerprint density at radius 3 is 2.76 bits per heavy atom. The van der Waals surface area contributed by atoms with E-state index in [1.807, 2.05) is 6.20 Å². The van der Waals surface area contributed by atoms with Crippen LogP contribution in [0.15, 0.2) is 10.7 Å². The fourth-order valence-corrected chi connectivity index (χ4v) is 3.44. The van der Waals surface area contributed by atoms with Crippen molar-refractivity contribution >= 4 is 15.9 Å². The van der Waals surface area contributed by atoms with Gasteiger partial charge in [-0.1, -0.05) is 26.7 Å². The Balaban J connectivity index is 2.29. The zero-order chi connectivity index (χ0) is 12.5. The highest BCUT2D eigenvalue weighted by Gasteiger charge is 2.38. The van der Waals surface area contributed by atoms with Crippen LogP contribution in [0.25, 0.3) is 0 Å². The normalized spacial score (nSPS) is 20.7. The van der Waals surface area contributed by atoms with E-state index in [1.165, 1.54) is 31.4 Å². The minimum Gasteiger partial charge on any atom is -0.322 e. The average Bonchev–Trinajstić information content (AvgIpc) is 2.87. The zero-order valence-electron chi connectivity index (χ0n) is 10.7. The topological polar surface area (TPSA) is 43.8 Å². The number of aryl methyl sites for hydroxylation is 1. The monoisotopic (exact) mass is 299 g/mol. The van der Waals surface area contributed by atoms with Crippen LogP contribution in [-0.2, 0) is 6.54 Å². The van der Waals surface area contributed by atoms with Crippen molar-refractivity contribution in [3.8, 4) is 0 Å². The van der Waals surface area contributed by atoms with Gasteiger partial charge in [0.05, 0.1) is 22.4 Å². The van der Waals surface area contributed by atoms with Crippen LogP contribution < -0.4 is 5.73 Å². The van der Waals surface area contributed by atoms with Crippen molar-refractivity contribution in [3.63, 3.8) is 0 Å². The molecule has 0 bridgehead atoms. The lowest BCUT2D eigenvalue weighted by Crippen LogP contribution is -2.31. The molecular formula is C13H22BrN3. The first kappa shape index (κ1) is 13.1. The summed E-state index contributed by atoms with van der Waals surface area (Å²) in [4.78, 5) is 0. The lowest BCUT2D eigenvalue weighted by atomic mass is 9.79. The summed E-state index contributed by atoms with van der Waals surface area (Å²) in [7, 11) is 0. The SMILES string of the molecule is CCCn1ncc(Br)c1C(N)C1(C)CCCC1. The third-order valence-electron chi connectivity index (χ3n) is 4.06. The zero-order valence-corrected chi connectivity index (χ0v) is 12.3. The maximum Gasteiger partial charge on any atom is 0.0699 e. The lowest BCUT2D eigenvalue weighted by Gasteiger charge is -2.31. The first-order chi connectivity index (χ1) is 8.08. The number of hydrogen-bond acceptors (Lipinski definition) is 2. The molecule has 1 aromatic rings. The predicted octanol–water partition coefficient (Wildman–Crippen LogP) is 3.64. The molecule has 1 aromatic heterocycles. The lowest BCUT2D eigenvalue weighted by molar-refractivity contribution is 0.253. The molecule has 1 aliphatic carbocycles. The van der Waals surface area contributed by atoms with Gasteiger partial charge in [0.2, 0.25) is 0 Å². The van der Waals surface area contributed by atoms with Crippen LogP contribution >= 0.6 is 15.9 Å². The van der Waals surface area contributed by atoms with Gasteiger partial charge in [-0.15, -0.1) is 0 Å². The molecule has 1 heterocycles. The van der Waals surface area contributed by atoms with Gasteiger partial charge in [0.1, 0.15) is 0 Å². The number of aromatic nitrogens is 2. The number of nitrogens with two attached hydrogens (primary N) is 1. The van der Waals surface area contributed by atoms with E-state index < -0.39 is 0 Å². The maximum atomic E-state index is 6.52. The smallest absolute Gasteiger partial charge is 0.0699 e. The van der Waals surface area contributed by atoms with Gasteiger partial charge >= 0.3 is 0 Å². The van der Waals surface area contributed by atoms with Crippen molar-refractivity contribution in [2.75, 3.05) is 0 Å². The standard InChI is InChI=1S/C13H22BrN3/c1-3-8-17-11(10(14)9-16-17)12(15)13(2)6-4-5-7-13/h9,12H,3-8,15H2,1-2H3. The molecular weight excluding hydrogens is 278 g/mol. The molecule has 1 fully saturated rings. The van der Waals surface area contributed by atoms with E-state index in [0.29, 0.717) is 0 Å². The van der Waals surface area contributed by atoms with E-state index in [-0.39, 0.29) is 11.5 Å². The van der Waals surface area contributed by atoms with Gasteiger partial charge in [0.15, 0.2) is 0 Å². The second-order valence-electron chi connectivity index (χ2n) is 5.44. The Morgan fingerprint density at radius 2 is 2.18 bits per heavy atom. The number of rotatable bonds is 4. The first-order valence-corrected chi connectivity index (χ1v) is 7.34. The summed E-state index contributed by atoms with van der Waals surface area (Å²) in [5.74, 6) is 0. The van der Waals surface area contributed by atoms with Crippen molar-refractivity contribution in [1.82, 2.24) is 9.78 Å². The van der Waals surface area contributed by atoms with Crippen LogP contribution in [0.5, 0.6) is 0 Å². The van der Waals surface area contributed by atoms with Crippen molar-refractivity contribution < 1.29 is 0 Å². The molecule has 0 aliphatic heterocycles. The molecule has 0 radical (unpaired) electrons. The minimum absolute atomic E-state index is 0.0911. The summed E-state index contributed by atoms with van der Waals surface area (Å²) in [5.41, 5.74) is 7.94. The highest BCUT2D eigenvalue weighted by Crippen LogP contribution is 2.47. The second-order valence-corrected chi connectivity index (χ2v) is 6.29. The Kier molecular flexibility index (Phi) is 3.93. The fourth-order valence-electron chi connectivity index (χ4n) is 2.89. The van der Waals surface area contributed by atoms with Crippen LogP contribution in [0.1, 0.15) is 57.7 Å². The van der Waals surface area contributed by atoms with Gasteiger partial charge in [0.25, 0.3) is 0 Å². The Morgan fingerprint density at radius 1 is 1.53 bits per heavy atom. The molecule has 2 rings (SSSR count). The Hall–Kier alpha value is -0.350. The summed E-state index contributed by atoms with van der Waals surface area (Å²) in [6.45, 7) is 5.44. The third kappa shape index (κ3) is 2.43. The second kappa shape index (κ2) is 5.11. The highest BCUT2D eigenvalue weighted by atomic mass is 79.9. The quantitative estimate of drug-likeness (QED) is 0.922. The molecule has 96 valence electrons. The molecule has 1 saturated carbocycles. The van der Waals surface area contributed by atoms with Gasteiger partial charge in [-0.25, -0.2) is 0 Å². The van der Waals surface area contributed by atoms with E-state index >= 15 is 0 Å². The summed E-state index contributed by atoms with van der Waals surface area (Å²) >= 11 is 3.60. The molecule has 0 saturated heterocycles. The molecule has 0 amide bonds. The summed E-state index contributed by atoms with van der Waals surface area (Å²) in [6.07, 6.45) is 8.05. The van der Waals surface area contributed by atoms with Crippen molar-refractivity contribution in [1.29, 1.82) is 0 Å². The fraction of sp³-hybridized carbons (Fsp3) is 0.769. The van der Waals surface area contributed by atoms with Crippen molar-refractivity contribution in [3.05, 3.63) is 16.4 Å². The van der Waals surface area contributed by atoms with Gasteiger partial charge in [-0.3, -0.25) is 4.68 Å². The molecule has 0 aromatic carbocycles. The molecule has 3 nitrogen and oxygen atoms in total. The highest BCUT2D eigenvalue weighted by molar-refractivity contribution is 9.10. The van der Waals surface area contributed by atoms with Crippen LogP contribution in [0.2, 0.25) is 0 Å². The summed E-state index contributed by atoms with van der Waals surface area (Å²) in [6, 6.07) is 0.0911. The van der Waals surface area contributed by atoms with E-state index in [0.717, 1.165) is 17.4 Å².